The molecule has 5 heteroatoms. The predicted molar refractivity (Wildman–Crippen MR) is 78.9 cm³/mol. The van der Waals surface area contributed by atoms with Gasteiger partial charge in [0.2, 0.25) is 5.91 Å². The molecule has 0 heterocycles. The van der Waals surface area contributed by atoms with E-state index in [1.807, 2.05) is 13.8 Å². The van der Waals surface area contributed by atoms with Crippen molar-refractivity contribution in [3.8, 4) is 0 Å². The van der Waals surface area contributed by atoms with Crippen molar-refractivity contribution in [2.24, 2.45) is 5.92 Å². The van der Waals surface area contributed by atoms with Crippen molar-refractivity contribution < 1.29 is 14.7 Å². The molecular formula is C15H20N2O3. The summed E-state index contributed by atoms with van der Waals surface area (Å²) < 4.78 is 0. The molecule has 0 bridgehead atoms. The summed E-state index contributed by atoms with van der Waals surface area (Å²) in [5.41, 5.74) is 7.03. The number of nitrogen functional groups attached to an aromatic ring is 1. The van der Waals surface area contributed by atoms with Gasteiger partial charge < -0.3 is 16.2 Å². The second kappa shape index (κ2) is 7.33. The predicted octanol–water partition coefficient (Wildman–Crippen LogP) is 1.90. The van der Waals surface area contributed by atoms with Gasteiger partial charge in [-0.1, -0.05) is 26.0 Å². The fraction of sp³-hybridized carbons (Fsp3) is 0.333. The van der Waals surface area contributed by atoms with E-state index in [2.05, 4.69) is 5.32 Å². The summed E-state index contributed by atoms with van der Waals surface area (Å²) in [6.45, 7) is 3.82. The van der Waals surface area contributed by atoms with Gasteiger partial charge in [-0.05, 0) is 36.1 Å². The first kappa shape index (κ1) is 15.8. The van der Waals surface area contributed by atoms with Crippen LogP contribution in [0.25, 0.3) is 6.08 Å². The van der Waals surface area contributed by atoms with E-state index < -0.39 is 17.9 Å². The standard InChI is InChI=1S/C15H20N2O3/c1-10(2)9-13(15(19)20)17-14(18)8-5-11-3-6-12(16)7-4-11/h3-8,10,13H,9,16H2,1-2H3,(H,17,18)(H,19,20)/b8-5+. The zero-order valence-corrected chi connectivity index (χ0v) is 11.7. The Hall–Kier alpha value is -2.30. The molecule has 4 N–H and O–H groups in total. The lowest BCUT2D eigenvalue weighted by Gasteiger charge is -2.15. The van der Waals surface area contributed by atoms with Crippen LogP contribution in [0.3, 0.4) is 0 Å². The van der Waals surface area contributed by atoms with Crippen LogP contribution < -0.4 is 11.1 Å². The van der Waals surface area contributed by atoms with Crippen LogP contribution >= 0.6 is 0 Å². The molecular weight excluding hydrogens is 256 g/mol. The molecule has 5 nitrogen and oxygen atoms in total. The molecule has 0 aliphatic heterocycles. The minimum Gasteiger partial charge on any atom is -0.480 e. The highest BCUT2D eigenvalue weighted by Crippen LogP contribution is 2.08. The molecule has 0 fully saturated rings. The summed E-state index contributed by atoms with van der Waals surface area (Å²) in [4.78, 5) is 22.7. The maximum Gasteiger partial charge on any atom is 0.326 e. The number of nitrogens with two attached hydrogens (primary N) is 1. The van der Waals surface area contributed by atoms with Gasteiger partial charge in [-0.2, -0.15) is 0 Å². The van der Waals surface area contributed by atoms with Gasteiger partial charge in [0, 0.05) is 11.8 Å². The fourth-order valence-corrected chi connectivity index (χ4v) is 1.69. The van der Waals surface area contributed by atoms with Crippen LogP contribution in [0, 0.1) is 5.92 Å². The molecule has 0 spiro atoms. The molecule has 1 unspecified atom stereocenters. The lowest BCUT2D eigenvalue weighted by molar-refractivity contribution is -0.141. The van der Waals surface area contributed by atoms with E-state index in [1.54, 1.807) is 30.3 Å². The number of aliphatic carboxylic acids is 1. The van der Waals surface area contributed by atoms with Gasteiger partial charge in [-0.3, -0.25) is 4.79 Å². The molecule has 1 rings (SSSR count). The second-order valence-corrected chi connectivity index (χ2v) is 5.03. The highest BCUT2D eigenvalue weighted by molar-refractivity contribution is 5.94. The van der Waals surface area contributed by atoms with Gasteiger partial charge in [0.1, 0.15) is 6.04 Å². The quantitative estimate of drug-likeness (QED) is 0.546. The summed E-state index contributed by atoms with van der Waals surface area (Å²) in [7, 11) is 0. The number of carbonyl (C=O) groups excluding carboxylic acids is 1. The Morgan fingerprint density at radius 2 is 1.90 bits per heavy atom. The van der Waals surface area contributed by atoms with Crippen molar-refractivity contribution in [1.82, 2.24) is 5.32 Å². The van der Waals surface area contributed by atoms with Crippen LogP contribution in [-0.4, -0.2) is 23.0 Å². The molecule has 0 saturated heterocycles. The summed E-state index contributed by atoms with van der Waals surface area (Å²) >= 11 is 0. The number of anilines is 1. The molecule has 0 saturated carbocycles. The highest BCUT2D eigenvalue weighted by Gasteiger charge is 2.19. The number of hydrogen-bond donors (Lipinski definition) is 3. The Labute approximate surface area is 118 Å². The molecule has 0 aliphatic carbocycles. The van der Waals surface area contributed by atoms with E-state index in [-0.39, 0.29) is 5.92 Å². The van der Waals surface area contributed by atoms with Crippen LogP contribution in [0.1, 0.15) is 25.8 Å². The number of rotatable bonds is 6. The largest absolute Gasteiger partial charge is 0.480 e. The molecule has 0 aromatic heterocycles. The van der Waals surface area contributed by atoms with Gasteiger partial charge in [0.25, 0.3) is 0 Å². The topological polar surface area (TPSA) is 92.4 Å². The Morgan fingerprint density at radius 3 is 2.40 bits per heavy atom. The van der Waals surface area contributed by atoms with Crippen LogP contribution in [-0.2, 0) is 9.59 Å². The fourth-order valence-electron chi connectivity index (χ4n) is 1.69. The molecule has 108 valence electrons. The molecule has 1 aromatic rings. The van der Waals surface area contributed by atoms with Crippen molar-refractivity contribution in [1.29, 1.82) is 0 Å². The molecule has 0 aliphatic rings. The zero-order valence-electron chi connectivity index (χ0n) is 11.7. The third-order valence-corrected chi connectivity index (χ3v) is 2.69. The Bertz CT molecular complexity index is 492. The Kier molecular flexibility index (Phi) is 5.77. The first-order chi connectivity index (χ1) is 9.38. The van der Waals surface area contributed by atoms with E-state index in [9.17, 15) is 9.59 Å². The average Bonchev–Trinajstić information content (AvgIpc) is 2.36. The lowest BCUT2D eigenvalue weighted by atomic mass is 10.0. The number of nitrogens with one attached hydrogen (secondary N) is 1. The number of carboxylic acid groups (broad SMARTS) is 1. The lowest BCUT2D eigenvalue weighted by Crippen LogP contribution is -2.40. The van der Waals surface area contributed by atoms with Crippen LogP contribution in [0.4, 0.5) is 5.69 Å². The molecule has 1 atom stereocenters. The summed E-state index contributed by atoms with van der Waals surface area (Å²) in [5.74, 6) is -1.25. The SMILES string of the molecule is CC(C)CC(NC(=O)/C=C/c1ccc(N)cc1)C(=O)O. The summed E-state index contributed by atoms with van der Waals surface area (Å²) in [6.07, 6.45) is 3.33. The van der Waals surface area contributed by atoms with E-state index in [0.29, 0.717) is 12.1 Å². The van der Waals surface area contributed by atoms with E-state index in [1.165, 1.54) is 6.08 Å². The Balaban J connectivity index is 2.61. The van der Waals surface area contributed by atoms with Gasteiger partial charge >= 0.3 is 5.97 Å². The van der Waals surface area contributed by atoms with E-state index >= 15 is 0 Å². The zero-order chi connectivity index (χ0) is 15.1. The van der Waals surface area contributed by atoms with Crippen molar-refractivity contribution in [2.45, 2.75) is 26.3 Å². The number of benzene rings is 1. The number of amides is 1. The molecule has 1 aromatic carbocycles. The van der Waals surface area contributed by atoms with Crippen LogP contribution in [0.2, 0.25) is 0 Å². The third kappa shape index (κ3) is 5.56. The summed E-state index contributed by atoms with van der Waals surface area (Å²) in [5, 5.41) is 11.5. The van der Waals surface area contributed by atoms with Crippen molar-refractivity contribution in [2.75, 3.05) is 5.73 Å². The normalized spacial score (nSPS) is 12.6. The van der Waals surface area contributed by atoms with Gasteiger partial charge in [-0.25, -0.2) is 4.79 Å². The average molecular weight is 276 g/mol. The molecule has 1 amide bonds. The number of carboxylic acids is 1. The Morgan fingerprint density at radius 1 is 1.30 bits per heavy atom. The minimum absolute atomic E-state index is 0.192. The molecule has 0 radical (unpaired) electrons. The second-order valence-electron chi connectivity index (χ2n) is 5.03. The maximum atomic E-state index is 11.7. The summed E-state index contributed by atoms with van der Waals surface area (Å²) in [6, 6.07) is 6.16. The number of carbonyl (C=O) groups is 2. The first-order valence-electron chi connectivity index (χ1n) is 6.45. The monoisotopic (exact) mass is 276 g/mol. The van der Waals surface area contributed by atoms with E-state index in [0.717, 1.165) is 5.56 Å². The first-order valence-corrected chi connectivity index (χ1v) is 6.45. The molecule has 20 heavy (non-hydrogen) atoms. The van der Waals surface area contributed by atoms with Crippen LogP contribution in [0.5, 0.6) is 0 Å². The van der Waals surface area contributed by atoms with Crippen molar-refractivity contribution in [3.63, 3.8) is 0 Å². The third-order valence-electron chi connectivity index (χ3n) is 2.69. The van der Waals surface area contributed by atoms with E-state index in [4.69, 9.17) is 10.8 Å². The van der Waals surface area contributed by atoms with Gasteiger partial charge in [-0.15, -0.1) is 0 Å². The smallest absolute Gasteiger partial charge is 0.326 e. The van der Waals surface area contributed by atoms with Crippen LogP contribution in [0.15, 0.2) is 30.3 Å². The van der Waals surface area contributed by atoms with Gasteiger partial charge in [0.15, 0.2) is 0 Å². The maximum absolute atomic E-state index is 11.7. The van der Waals surface area contributed by atoms with Crippen molar-refractivity contribution in [3.05, 3.63) is 35.9 Å². The van der Waals surface area contributed by atoms with Crippen molar-refractivity contribution >= 4 is 23.6 Å². The number of hydrogen-bond acceptors (Lipinski definition) is 3. The highest BCUT2D eigenvalue weighted by atomic mass is 16.4. The van der Waals surface area contributed by atoms with Gasteiger partial charge in [0.05, 0.1) is 0 Å². The minimum atomic E-state index is -1.02.